The summed E-state index contributed by atoms with van der Waals surface area (Å²) in [6.07, 6.45) is 3.48. The number of hydrazone groups is 1. The molecule has 0 aliphatic carbocycles. The molecule has 0 aliphatic heterocycles. The Morgan fingerprint density at radius 2 is 2.11 bits per heavy atom. The molecule has 1 amide bonds. The van der Waals surface area contributed by atoms with Gasteiger partial charge < -0.3 is 9.72 Å². The van der Waals surface area contributed by atoms with Gasteiger partial charge in [-0.2, -0.15) is 5.10 Å². The van der Waals surface area contributed by atoms with Gasteiger partial charge in [-0.25, -0.2) is 5.43 Å². The molecule has 0 atom stereocenters. The number of halogens is 1. The first kappa shape index (κ1) is 19.2. The lowest BCUT2D eigenvalue weighted by Gasteiger charge is -2.15. The lowest BCUT2D eigenvalue weighted by atomic mass is 10.0. The summed E-state index contributed by atoms with van der Waals surface area (Å²) < 4.78 is 6.77. The maximum absolute atomic E-state index is 12.1. The summed E-state index contributed by atoms with van der Waals surface area (Å²) in [5, 5.41) is 5.09. The second-order valence-electron chi connectivity index (χ2n) is 6.67. The summed E-state index contributed by atoms with van der Waals surface area (Å²) in [5.41, 5.74) is 6.58. The van der Waals surface area contributed by atoms with Crippen molar-refractivity contribution in [2.75, 3.05) is 6.61 Å². The second kappa shape index (κ2) is 8.39. The molecule has 0 fully saturated rings. The highest BCUT2D eigenvalue weighted by molar-refractivity contribution is 9.10. The third-order valence-electron chi connectivity index (χ3n) is 4.29. The number of fused-ring (bicyclic) bond motifs is 1. The van der Waals surface area contributed by atoms with Crippen LogP contribution in [0.2, 0.25) is 0 Å². The number of H-pyrrole nitrogens is 1. The van der Waals surface area contributed by atoms with Crippen LogP contribution in [0.4, 0.5) is 0 Å². The quantitative estimate of drug-likeness (QED) is 0.434. The number of benzene rings is 2. The number of rotatable bonds is 6. The molecule has 0 bridgehead atoms. The molecular weight excluding hydrogens is 406 g/mol. The van der Waals surface area contributed by atoms with E-state index in [2.05, 4.69) is 45.3 Å². The van der Waals surface area contributed by atoms with Crippen LogP contribution in [0.15, 0.2) is 52.2 Å². The zero-order chi connectivity index (χ0) is 19.4. The Morgan fingerprint density at radius 1 is 1.33 bits per heavy atom. The van der Waals surface area contributed by atoms with Crippen molar-refractivity contribution in [2.45, 2.75) is 26.7 Å². The topological polar surface area (TPSA) is 66.5 Å². The maximum atomic E-state index is 12.1. The number of carbonyl (C=O) groups is 1. The number of aromatic nitrogens is 1. The molecule has 6 heteroatoms. The van der Waals surface area contributed by atoms with E-state index in [9.17, 15) is 4.79 Å². The van der Waals surface area contributed by atoms with Crippen LogP contribution in [0.1, 0.15) is 36.5 Å². The number of nitrogens with one attached hydrogen (secondary N) is 2. The van der Waals surface area contributed by atoms with Crippen molar-refractivity contribution in [3.05, 3.63) is 63.8 Å². The van der Waals surface area contributed by atoms with Gasteiger partial charge in [-0.15, -0.1) is 0 Å². The number of aryl methyl sites for hydroxylation is 1. The molecule has 2 aromatic carbocycles. The Balaban J connectivity index is 1.61. The van der Waals surface area contributed by atoms with Gasteiger partial charge in [0.25, 0.3) is 5.91 Å². The fourth-order valence-electron chi connectivity index (χ4n) is 2.80. The summed E-state index contributed by atoms with van der Waals surface area (Å²) >= 11 is 3.54. The summed E-state index contributed by atoms with van der Waals surface area (Å²) in [5.74, 6) is 0.711. The fourth-order valence-corrected chi connectivity index (χ4v) is 3.16. The van der Waals surface area contributed by atoms with Gasteiger partial charge in [0.2, 0.25) is 0 Å². The van der Waals surface area contributed by atoms with Crippen molar-refractivity contribution in [3.8, 4) is 5.75 Å². The van der Waals surface area contributed by atoms with E-state index < -0.39 is 0 Å². The van der Waals surface area contributed by atoms with Crippen LogP contribution in [-0.2, 0) is 4.79 Å². The van der Waals surface area contributed by atoms with E-state index >= 15 is 0 Å². The highest BCUT2D eigenvalue weighted by Gasteiger charge is 2.12. The van der Waals surface area contributed by atoms with Crippen LogP contribution >= 0.6 is 15.9 Å². The summed E-state index contributed by atoms with van der Waals surface area (Å²) in [7, 11) is 0. The van der Waals surface area contributed by atoms with Gasteiger partial charge in [-0.05, 0) is 42.2 Å². The van der Waals surface area contributed by atoms with Gasteiger partial charge >= 0.3 is 0 Å². The molecule has 0 saturated heterocycles. The molecule has 0 unspecified atom stereocenters. The molecule has 3 aromatic rings. The van der Waals surface area contributed by atoms with Crippen LogP contribution < -0.4 is 10.2 Å². The summed E-state index contributed by atoms with van der Waals surface area (Å²) in [6.45, 7) is 6.09. The molecule has 5 nitrogen and oxygen atoms in total. The lowest BCUT2D eigenvalue weighted by molar-refractivity contribution is -0.123. The first-order valence-corrected chi connectivity index (χ1v) is 9.56. The van der Waals surface area contributed by atoms with Crippen LogP contribution in [-0.4, -0.2) is 23.7 Å². The highest BCUT2D eigenvalue weighted by Crippen LogP contribution is 2.32. The van der Waals surface area contributed by atoms with E-state index in [4.69, 9.17) is 4.74 Å². The van der Waals surface area contributed by atoms with Gasteiger partial charge in [-0.3, -0.25) is 4.79 Å². The largest absolute Gasteiger partial charge is 0.483 e. The molecule has 27 heavy (non-hydrogen) atoms. The molecule has 3 rings (SSSR count). The van der Waals surface area contributed by atoms with Gasteiger partial charge in [0.1, 0.15) is 5.75 Å². The number of para-hydroxylation sites is 1. The number of nitrogens with zero attached hydrogens (tertiary/aromatic N) is 1. The molecule has 2 N–H and O–H groups in total. The third kappa shape index (κ3) is 4.57. The average molecular weight is 428 g/mol. The normalized spacial score (nSPS) is 11.4. The van der Waals surface area contributed by atoms with E-state index in [1.54, 1.807) is 6.21 Å². The van der Waals surface area contributed by atoms with Gasteiger partial charge in [0, 0.05) is 27.1 Å². The predicted octanol–water partition coefficient (Wildman–Crippen LogP) is 4.89. The Labute approximate surface area is 166 Å². The molecule has 0 saturated carbocycles. The Bertz CT molecular complexity index is 992. The minimum atomic E-state index is -0.304. The molecular formula is C21H22BrN3O2. The molecule has 1 aromatic heterocycles. The standard InChI is InChI=1S/C21H22BrN3O2/c1-13(2)17-9-18(22)14(3)8-20(17)27-12-21(26)25-24-11-15-10-23-19-7-5-4-6-16(15)19/h4-11,13,23H,12H2,1-3H3,(H,25,26)/b24-11+. The maximum Gasteiger partial charge on any atom is 0.277 e. The Hall–Kier alpha value is -2.60. The van der Waals surface area contributed by atoms with Gasteiger partial charge in [0.05, 0.1) is 6.21 Å². The van der Waals surface area contributed by atoms with E-state index in [-0.39, 0.29) is 12.5 Å². The summed E-state index contributed by atoms with van der Waals surface area (Å²) in [4.78, 5) is 15.2. The molecule has 0 aliphatic rings. The average Bonchev–Trinajstić information content (AvgIpc) is 3.05. The van der Waals surface area contributed by atoms with E-state index in [0.717, 1.165) is 37.8 Å². The number of hydrogen-bond acceptors (Lipinski definition) is 3. The zero-order valence-electron chi connectivity index (χ0n) is 15.5. The van der Waals surface area contributed by atoms with Crippen molar-refractivity contribution in [1.29, 1.82) is 0 Å². The van der Waals surface area contributed by atoms with Crippen LogP contribution in [0.25, 0.3) is 10.9 Å². The first-order valence-electron chi connectivity index (χ1n) is 8.76. The Morgan fingerprint density at radius 3 is 2.89 bits per heavy atom. The molecule has 0 radical (unpaired) electrons. The summed E-state index contributed by atoms with van der Waals surface area (Å²) in [6, 6.07) is 11.9. The van der Waals surface area contributed by atoms with Crippen molar-refractivity contribution in [3.63, 3.8) is 0 Å². The van der Waals surface area contributed by atoms with E-state index in [0.29, 0.717) is 5.92 Å². The number of amides is 1. The zero-order valence-corrected chi connectivity index (χ0v) is 17.1. The molecule has 140 valence electrons. The van der Waals surface area contributed by atoms with Crippen molar-refractivity contribution in [2.24, 2.45) is 5.10 Å². The van der Waals surface area contributed by atoms with Crippen molar-refractivity contribution in [1.82, 2.24) is 10.4 Å². The number of aromatic amines is 1. The number of hydrogen-bond donors (Lipinski definition) is 2. The van der Waals surface area contributed by atoms with Crippen LogP contribution in [0.5, 0.6) is 5.75 Å². The number of ether oxygens (including phenoxy) is 1. The van der Waals surface area contributed by atoms with Crippen LogP contribution in [0, 0.1) is 6.92 Å². The lowest BCUT2D eigenvalue weighted by Crippen LogP contribution is -2.25. The Kier molecular flexibility index (Phi) is 5.96. The van der Waals surface area contributed by atoms with E-state index in [1.807, 2.05) is 49.5 Å². The van der Waals surface area contributed by atoms with Crippen molar-refractivity contribution >= 4 is 39.0 Å². The van der Waals surface area contributed by atoms with E-state index in [1.165, 1.54) is 0 Å². The minimum absolute atomic E-state index is 0.0913. The molecule has 0 spiro atoms. The van der Waals surface area contributed by atoms with Crippen LogP contribution in [0.3, 0.4) is 0 Å². The van der Waals surface area contributed by atoms with Crippen molar-refractivity contribution < 1.29 is 9.53 Å². The first-order chi connectivity index (χ1) is 13.0. The number of carbonyl (C=O) groups excluding carboxylic acids is 1. The highest BCUT2D eigenvalue weighted by atomic mass is 79.9. The fraction of sp³-hybridized carbons (Fsp3) is 0.238. The minimum Gasteiger partial charge on any atom is -0.483 e. The van der Waals surface area contributed by atoms with Gasteiger partial charge in [-0.1, -0.05) is 48.0 Å². The monoisotopic (exact) mass is 427 g/mol. The van der Waals surface area contributed by atoms with Gasteiger partial charge in [0.15, 0.2) is 6.61 Å². The SMILES string of the molecule is Cc1cc(OCC(=O)N/N=C/c2c[nH]c3ccccc23)c(C(C)C)cc1Br. The molecule has 1 heterocycles. The second-order valence-corrected chi connectivity index (χ2v) is 7.52. The predicted molar refractivity (Wildman–Crippen MR) is 112 cm³/mol. The smallest absolute Gasteiger partial charge is 0.277 e. The third-order valence-corrected chi connectivity index (χ3v) is 5.14.